The summed E-state index contributed by atoms with van der Waals surface area (Å²) in [5.74, 6) is 0.492. The molecule has 3 rings (SSSR count). The van der Waals surface area contributed by atoms with Gasteiger partial charge in [0, 0.05) is 44.8 Å². The van der Waals surface area contributed by atoms with Crippen LogP contribution >= 0.6 is 0 Å². The number of nitrogens with zero attached hydrogens (tertiary/aromatic N) is 3. The molecule has 0 saturated carbocycles. The quantitative estimate of drug-likeness (QED) is 0.491. The molecule has 1 fully saturated rings. The normalized spacial score (nSPS) is 14.7. The topological polar surface area (TPSA) is 70.2 Å². The van der Waals surface area contributed by atoms with Crippen LogP contribution in [0.2, 0.25) is 0 Å². The molecule has 1 saturated heterocycles. The molecule has 7 heteroatoms. The summed E-state index contributed by atoms with van der Waals surface area (Å²) in [6.45, 7) is 11.6. The lowest BCUT2D eigenvalue weighted by Crippen LogP contribution is -2.44. The highest BCUT2D eigenvalue weighted by Gasteiger charge is 2.35. The Kier molecular flexibility index (Phi) is 9.91. The van der Waals surface area contributed by atoms with Crippen molar-refractivity contribution >= 4 is 17.9 Å². The molecule has 0 N–H and O–H groups in total. The molecular formula is C29H39N3O4. The van der Waals surface area contributed by atoms with E-state index >= 15 is 0 Å². The molecule has 7 nitrogen and oxygen atoms in total. The van der Waals surface area contributed by atoms with Crippen molar-refractivity contribution < 1.29 is 19.1 Å². The lowest BCUT2D eigenvalue weighted by Gasteiger charge is -2.37. The van der Waals surface area contributed by atoms with Gasteiger partial charge in [-0.2, -0.15) is 0 Å². The third-order valence-electron chi connectivity index (χ3n) is 7.13. The molecule has 3 amide bonds. The number of hydrogen-bond donors (Lipinski definition) is 0. The molecule has 1 aliphatic heterocycles. The average Bonchev–Trinajstić information content (AvgIpc) is 2.91. The number of hydrogen-bond acceptors (Lipinski definition) is 4. The van der Waals surface area contributed by atoms with Gasteiger partial charge in [-0.15, -0.1) is 0 Å². The van der Waals surface area contributed by atoms with Gasteiger partial charge >= 0.3 is 6.09 Å². The maximum atomic E-state index is 13.4. The highest BCUT2D eigenvalue weighted by molar-refractivity contribution is 5.94. The van der Waals surface area contributed by atoms with Crippen molar-refractivity contribution in [1.82, 2.24) is 14.7 Å². The van der Waals surface area contributed by atoms with Crippen LogP contribution in [0.5, 0.6) is 5.75 Å². The van der Waals surface area contributed by atoms with Crippen molar-refractivity contribution in [3.05, 3.63) is 65.7 Å². The van der Waals surface area contributed by atoms with Gasteiger partial charge in [0.05, 0.1) is 5.92 Å². The Balaban J connectivity index is 1.62. The van der Waals surface area contributed by atoms with Crippen LogP contribution in [0.15, 0.2) is 54.6 Å². The fraction of sp³-hybridized carbons (Fsp3) is 0.483. The van der Waals surface area contributed by atoms with Gasteiger partial charge in [0.25, 0.3) is 5.91 Å². The van der Waals surface area contributed by atoms with E-state index in [-0.39, 0.29) is 23.7 Å². The van der Waals surface area contributed by atoms with E-state index in [0.717, 1.165) is 18.4 Å². The lowest BCUT2D eigenvalue weighted by atomic mass is 9.79. The number of piperidine rings is 1. The zero-order valence-corrected chi connectivity index (χ0v) is 22.0. The SMILES string of the molecule is CCN(CC)C(=O)c1ccc(OC(=O)N2CCC(C(C(=O)N(CC)CC)c3ccccc3)CC2)cc1. The van der Waals surface area contributed by atoms with Gasteiger partial charge in [-0.3, -0.25) is 9.59 Å². The van der Waals surface area contributed by atoms with Gasteiger partial charge in [-0.25, -0.2) is 4.79 Å². The first kappa shape index (κ1) is 27.2. The minimum absolute atomic E-state index is 0.0350. The Hall–Kier alpha value is -3.35. The maximum Gasteiger partial charge on any atom is 0.415 e. The molecule has 0 radical (unpaired) electrons. The number of carbonyl (C=O) groups is 3. The summed E-state index contributed by atoms with van der Waals surface area (Å²) in [6, 6.07) is 16.7. The Morgan fingerprint density at radius 2 is 1.39 bits per heavy atom. The Morgan fingerprint density at radius 1 is 0.833 bits per heavy atom. The number of likely N-dealkylation sites (tertiary alicyclic amines) is 1. The number of ether oxygens (including phenoxy) is 1. The van der Waals surface area contributed by atoms with E-state index in [4.69, 9.17) is 4.74 Å². The Bertz CT molecular complexity index is 993. The summed E-state index contributed by atoms with van der Waals surface area (Å²) in [6.07, 6.45) is 1.07. The second-order valence-corrected chi connectivity index (χ2v) is 9.09. The van der Waals surface area contributed by atoms with Crippen LogP contribution in [0, 0.1) is 5.92 Å². The smallest absolute Gasteiger partial charge is 0.410 e. The van der Waals surface area contributed by atoms with Crippen molar-refractivity contribution in [2.24, 2.45) is 5.92 Å². The standard InChI is InChI=1S/C29H39N3O4/c1-5-30(6-2)27(33)24-14-16-25(17-15-24)36-29(35)32-20-18-23(19-21-32)26(22-12-10-9-11-13-22)28(34)31(7-3)8-4/h9-17,23,26H,5-8,18-21H2,1-4H3. The second kappa shape index (κ2) is 13.1. The molecule has 1 unspecified atom stereocenters. The van der Waals surface area contributed by atoms with Gasteiger partial charge in [-0.1, -0.05) is 30.3 Å². The van der Waals surface area contributed by atoms with E-state index < -0.39 is 6.09 Å². The zero-order chi connectivity index (χ0) is 26.1. The summed E-state index contributed by atoms with van der Waals surface area (Å²) in [7, 11) is 0. The fourth-order valence-electron chi connectivity index (χ4n) is 4.95. The summed E-state index contributed by atoms with van der Waals surface area (Å²) < 4.78 is 5.59. The molecule has 2 aromatic rings. The molecule has 0 aliphatic carbocycles. The molecule has 36 heavy (non-hydrogen) atoms. The van der Waals surface area contributed by atoms with Gasteiger partial charge in [0.2, 0.25) is 5.91 Å². The van der Waals surface area contributed by atoms with Crippen LogP contribution in [0.3, 0.4) is 0 Å². The Morgan fingerprint density at radius 3 is 1.92 bits per heavy atom. The van der Waals surface area contributed by atoms with Gasteiger partial charge in [0.1, 0.15) is 5.75 Å². The maximum absolute atomic E-state index is 13.4. The Labute approximate surface area is 215 Å². The van der Waals surface area contributed by atoms with Crippen molar-refractivity contribution in [1.29, 1.82) is 0 Å². The summed E-state index contributed by atoms with van der Waals surface area (Å²) in [5, 5.41) is 0. The molecule has 1 heterocycles. The third-order valence-corrected chi connectivity index (χ3v) is 7.13. The van der Waals surface area contributed by atoms with Crippen LogP contribution in [0.1, 0.15) is 62.4 Å². The first-order chi connectivity index (χ1) is 17.4. The summed E-state index contributed by atoms with van der Waals surface area (Å²) in [5.41, 5.74) is 1.61. The number of carbonyl (C=O) groups excluding carboxylic acids is 3. The van der Waals surface area contributed by atoms with Crippen molar-refractivity contribution in [3.63, 3.8) is 0 Å². The van der Waals surface area contributed by atoms with Crippen molar-refractivity contribution in [3.8, 4) is 5.75 Å². The monoisotopic (exact) mass is 493 g/mol. The first-order valence-corrected chi connectivity index (χ1v) is 13.1. The largest absolute Gasteiger partial charge is 0.415 e. The van der Waals surface area contributed by atoms with Crippen LogP contribution in [-0.2, 0) is 4.79 Å². The van der Waals surface area contributed by atoms with Crippen LogP contribution in [-0.4, -0.2) is 71.9 Å². The number of amides is 3. The molecule has 194 valence electrons. The molecular weight excluding hydrogens is 454 g/mol. The molecule has 0 spiro atoms. The van der Waals surface area contributed by atoms with Crippen molar-refractivity contribution in [2.75, 3.05) is 39.3 Å². The predicted octanol–water partition coefficient (Wildman–Crippen LogP) is 5.03. The van der Waals surface area contributed by atoms with E-state index in [2.05, 4.69) is 0 Å². The van der Waals surface area contributed by atoms with Crippen molar-refractivity contribution in [2.45, 2.75) is 46.5 Å². The van der Waals surface area contributed by atoms with Gasteiger partial charge < -0.3 is 19.4 Å². The van der Waals surface area contributed by atoms with Crippen LogP contribution in [0.25, 0.3) is 0 Å². The van der Waals surface area contributed by atoms with Crippen LogP contribution < -0.4 is 4.74 Å². The van der Waals surface area contributed by atoms with Gasteiger partial charge in [-0.05, 0) is 76.3 Å². The lowest BCUT2D eigenvalue weighted by molar-refractivity contribution is -0.134. The summed E-state index contributed by atoms with van der Waals surface area (Å²) in [4.78, 5) is 44.1. The van der Waals surface area contributed by atoms with E-state index in [1.54, 1.807) is 34.1 Å². The highest BCUT2D eigenvalue weighted by Crippen LogP contribution is 2.34. The second-order valence-electron chi connectivity index (χ2n) is 9.09. The molecule has 1 atom stereocenters. The number of benzene rings is 2. The predicted molar refractivity (Wildman–Crippen MR) is 141 cm³/mol. The minimum atomic E-state index is -0.400. The molecule has 0 bridgehead atoms. The third kappa shape index (κ3) is 6.45. The average molecular weight is 494 g/mol. The summed E-state index contributed by atoms with van der Waals surface area (Å²) >= 11 is 0. The van der Waals surface area contributed by atoms with Crippen LogP contribution in [0.4, 0.5) is 4.79 Å². The van der Waals surface area contributed by atoms with Gasteiger partial charge in [0.15, 0.2) is 0 Å². The molecule has 1 aliphatic rings. The van der Waals surface area contributed by atoms with E-state index in [1.165, 1.54) is 0 Å². The van der Waals surface area contributed by atoms with E-state index in [1.807, 2.05) is 62.9 Å². The number of rotatable bonds is 9. The first-order valence-electron chi connectivity index (χ1n) is 13.1. The van der Waals surface area contributed by atoms with E-state index in [9.17, 15) is 14.4 Å². The molecule has 0 aromatic heterocycles. The zero-order valence-electron chi connectivity index (χ0n) is 22.0. The minimum Gasteiger partial charge on any atom is -0.410 e. The molecule has 2 aromatic carbocycles. The fourth-order valence-corrected chi connectivity index (χ4v) is 4.95. The highest BCUT2D eigenvalue weighted by atomic mass is 16.6. The van der Waals surface area contributed by atoms with E-state index in [0.29, 0.717) is 50.6 Å². The number of likely N-dealkylation sites (N-methyl/N-ethyl adjacent to an activating group) is 1.